The Morgan fingerprint density at radius 1 is 1.23 bits per heavy atom. The number of hydrogen-bond acceptors (Lipinski definition) is 1. The van der Waals surface area contributed by atoms with E-state index in [9.17, 15) is 4.79 Å². The molecule has 2 aliphatic carbocycles. The molecule has 0 heterocycles. The minimum atomic E-state index is 0.454. The molecule has 72 valence electrons. The van der Waals surface area contributed by atoms with Crippen LogP contribution in [0.5, 0.6) is 0 Å². The van der Waals surface area contributed by atoms with Crippen LogP contribution in [-0.2, 0) is 4.79 Å². The summed E-state index contributed by atoms with van der Waals surface area (Å²) in [6.45, 7) is 2.25. The van der Waals surface area contributed by atoms with Gasteiger partial charge in [0.25, 0.3) is 0 Å². The summed E-state index contributed by atoms with van der Waals surface area (Å²) in [5.41, 5.74) is 2.76. The highest BCUT2D eigenvalue weighted by molar-refractivity contribution is 5.98. The van der Waals surface area contributed by atoms with Gasteiger partial charge in [0.15, 0.2) is 5.78 Å². The summed E-state index contributed by atoms with van der Waals surface area (Å²) >= 11 is 0. The van der Waals surface area contributed by atoms with Gasteiger partial charge in [-0.1, -0.05) is 18.9 Å². The maximum atomic E-state index is 11.6. The zero-order valence-electron chi connectivity index (χ0n) is 8.44. The van der Waals surface area contributed by atoms with Crippen molar-refractivity contribution in [2.45, 2.75) is 51.9 Å². The number of hydrogen-bond donors (Lipinski definition) is 0. The summed E-state index contributed by atoms with van der Waals surface area (Å²) in [7, 11) is 0. The summed E-state index contributed by atoms with van der Waals surface area (Å²) < 4.78 is 0. The molecule has 0 fully saturated rings. The largest absolute Gasteiger partial charge is 0.295 e. The zero-order chi connectivity index (χ0) is 9.26. The lowest BCUT2D eigenvalue weighted by atomic mass is 9.91. The topological polar surface area (TPSA) is 17.1 Å². The molecule has 0 saturated heterocycles. The van der Waals surface area contributed by atoms with E-state index in [1.165, 1.54) is 36.8 Å². The molecule has 0 N–H and O–H groups in total. The van der Waals surface area contributed by atoms with Gasteiger partial charge < -0.3 is 0 Å². The Morgan fingerprint density at radius 3 is 2.85 bits per heavy atom. The van der Waals surface area contributed by atoms with E-state index in [1.54, 1.807) is 0 Å². The van der Waals surface area contributed by atoms with Crippen LogP contribution in [0, 0.1) is 5.92 Å². The van der Waals surface area contributed by atoms with E-state index < -0.39 is 0 Å². The van der Waals surface area contributed by atoms with Gasteiger partial charge in [-0.05, 0) is 43.6 Å². The minimum absolute atomic E-state index is 0.454. The molecule has 0 aromatic rings. The first-order chi connectivity index (χ1) is 6.33. The molecule has 0 aromatic heterocycles. The molecule has 13 heavy (non-hydrogen) atoms. The molecule has 1 heteroatoms. The molecule has 0 aromatic carbocycles. The van der Waals surface area contributed by atoms with Crippen LogP contribution in [0.15, 0.2) is 11.1 Å². The zero-order valence-corrected chi connectivity index (χ0v) is 8.44. The Balaban J connectivity index is 2.26. The molecule has 0 radical (unpaired) electrons. The van der Waals surface area contributed by atoms with E-state index in [1.807, 2.05) is 0 Å². The third-order valence-corrected chi connectivity index (χ3v) is 3.56. The molecular weight excluding hydrogens is 160 g/mol. The Bertz CT molecular complexity index is 250. The number of rotatable bonds is 1. The fourth-order valence-electron chi connectivity index (χ4n) is 2.80. The second-order valence-electron chi connectivity index (χ2n) is 4.28. The molecule has 1 nitrogen and oxygen atoms in total. The molecule has 2 rings (SSSR count). The third kappa shape index (κ3) is 1.56. The molecule has 0 spiro atoms. The number of carbonyl (C=O) groups excluding carboxylic acids is 1. The summed E-state index contributed by atoms with van der Waals surface area (Å²) in [6, 6.07) is 0. The van der Waals surface area contributed by atoms with Crippen molar-refractivity contribution in [1.82, 2.24) is 0 Å². The predicted octanol–water partition coefficient (Wildman–Crippen LogP) is 3.25. The van der Waals surface area contributed by atoms with Crippen molar-refractivity contribution in [2.75, 3.05) is 0 Å². The Kier molecular flexibility index (Phi) is 2.52. The van der Waals surface area contributed by atoms with Crippen LogP contribution >= 0.6 is 0 Å². The van der Waals surface area contributed by atoms with E-state index in [-0.39, 0.29) is 0 Å². The number of Topliss-reactive ketones (excluding diaryl/α,β-unsaturated/α-hetero) is 1. The van der Waals surface area contributed by atoms with E-state index in [0.29, 0.717) is 5.78 Å². The van der Waals surface area contributed by atoms with Gasteiger partial charge in [-0.2, -0.15) is 0 Å². The lowest BCUT2D eigenvalue weighted by molar-refractivity contribution is -0.115. The van der Waals surface area contributed by atoms with Crippen molar-refractivity contribution in [3.8, 4) is 0 Å². The maximum absolute atomic E-state index is 11.6. The Hall–Kier alpha value is -0.590. The molecular formula is C12H18O. The SMILES string of the molecule is CCC1CCCCC2=C1CCC2=O. The van der Waals surface area contributed by atoms with Crippen LogP contribution in [0.3, 0.4) is 0 Å². The molecule has 1 unspecified atom stereocenters. The number of carbonyl (C=O) groups is 1. The van der Waals surface area contributed by atoms with Crippen molar-refractivity contribution < 1.29 is 4.79 Å². The Morgan fingerprint density at radius 2 is 2.08 bits per heavy atom. The minimum Gasteiger partial charge on any atom is -0.295 e. The fraction of sp³-hybridized carbons (Fsp3) is 0.750. The Labute approximate surface area is 80.2 Å². The van der Waals surface area contributed by atoms with Gasteiger partial charge in [0, 0.05) is 6.42 Å². The predicted molar refractivity (Wildman–Crippen MR) is 53.5 cm³/mol. The average molecular weight is 178 g/mol. The second kappa shape index (κ2) is 3.65. The van der Waals surface area contributed by atoms with E-state index in [4.69, 9.17) is 0 Å². The van der Waals surface area contributed by atoms with Crippen LogP contribution in [0.25, 0.3) is 0 Å². The van der Waals surface area contributed by atoms with Crippen molar-refractivity contribution in [3.63, 3.8) is 0 Å². The quantitative estimate of drug-likeness (QED) is 0.602. The van der Waals surface area contributed by atoms with Crippen molar-refractivity contribution in [3.05, 3.63) is 11.1 Å². The standard InChI is InChI=1S/C12H18O/c1-2-9-5-3-4-6-11-10(9)7-8-12(11)13/h9H,2-8H2,1H3. The van der Waals surface area contributed by atoms with Crippen LogP contribution in [0.2, 0.25) is 0 Å². The third-order valence-electron chi connectivity index (χ3n) is 3.56. The molecule has 0 amide bonds. The first-order valence-electron chi connectivity index (χ1n) is 5.58. The van der Waals surface area contributed by atoms with Crippen LogP contribution in [0.1, 0.15) is 51.9 Å². The first kappa shape index (κ1) is 8.98. The highest BCUT2D eigenvalue weighted by Gasteiger charge is 2.28. The highest BCUT2D eigenvalue weighted by atomic mass is 16.1. The van der Waals surface area contributed by atoms with Gasteiger partial charge in [-0.3, -0.25) is 4.79 Å². The summed E-state index contributed by atoms with van der Waals surface area (Å²) in [4.78, 5) is 11.6. The van der Waals surface area contributed by atoms with Crippen molar-refractivity contribution >= 4 is 5.78 Å². The number of allylic oxidation sites excluding steroid dienone is 2. The van der Waals surface area contributed by atoms with Gasteiger partial charge in [0.05, 0.1) is 0 Å². The lowest BCUT2D eigenvalue weighted by Gasteiger charge is -2.14. The van der Waals surface area contributed by atoms with Crippen molar-refractivity contribution in [2.24, 2.45) is 5.92 Å². The summed E-state index contributed by atoms with van der Waals surface area (Å²) in [6.07, 6.45) is 8.06. The first-order valence-corrected chi connectivity index (χ1v) is 5.58. The van der Waals surface area contributed by atoms with Gasteiger partial charge in [0.1, 0.15) is 0 Å². The molecule has 0 saturated carbocycles. The fourth-order valence-corrected chi connectivity index (χ4v) is 2.80. The van der Waals surface area contributed by atoms with E-state index >= 15 is 0 Å². The van der Waals surface area contributed by atoms with Gasteiger partial charge in [-0.15, -0.1) is 0 Å². The van der Waals surface area contributed by atoms with E-state index in [2.05, 4.69) is 6.92 Å². The highest BCUT2D eigenvalue weighted by Crippen LogP contribution is 2.38. The van der Waals surface area contributed by atoms with Gasteiger partial charge >= 0.3 is 0 Å². The van der Waals surface area contributed by atoms with Crippen LogP contribution < -0.4 is 0 Å². The van der Waals surface area contributed by atoms with E-state index in [0.717, 1.165) is 25.2 Å². The summed E-state index contributed by atoms with van der Waals surface area (Å²) in [5.74, 6) is 1.19. The van der Waals surface area contributed by atoms with Crippen LogP contribution in [-0.4, -0.2) is 5.78 Å². The lowest BCUT2D eigenvalue weighted by Crippen LogP contribution is -2.01. The number of ketones is 1. The smallest absolute Gasteiger partial charge is 0.159 e. The molecule has 0 aliphatic heterocycles. The van der Waals surface area contributed by atoms with Crippen LogP contribution in [0.4, 0.5) is 0 Å². The molecule has 1 atom stereocenters. The second-order valence-corrected chi connectivity index (χ2v) is 4.28. The normalized spacial score (nSPS) is 29.0. The molecule has 0 bridgehead atoms. The average Bonchev–Trinajstić information content (AvgIpc) is 2.39. The van der Waals surface area contributed by atoms with Crippen molar-refractivity contribution in [1.29, 1.82) is 0 Å². The van der Waals surface area contributed by atoms with Gasteiger partial charge in [0.2, 0.25) is 0 Å². The summed E-state index contributed by atoms with van der Waals surface area (Å²) in [5, 5.41) is 0. The van der Waals surface area contributed by atoms with Gasteiger partial charge in [-0.25, -0.2) is 0 Å². The maximum Gasteiger partial charge on any atom is 0.159 e. The molecule has 2 aliphatic rings. The monoisotopic (exact) mass is 178 g/mol.